The molecule has 1 saturated heterocycles. The van der Waals surface area contributed by atoms with Crippen molar-refractivity contribution in [2.45, 2.75) is 12.5 Å². The Bertz CT molecular complexity index is 279. The lowest BCUT2D eigenvalue weighted by Gasteiger charge is -2.38. The molecule has 1 aromatic heterocycles. The summed E-state index contributed by atoms with van der Waals surface area (Å²) >= 11 is 0. The van der Waals surface area contributed by atoms with Crippen LogP contribution >= 0.6 is 0 Å². The van der Waals surface area contributed by atoms with Crippen molar-refractivity contribution < 1.29 is 8.78 Å². The third kappa shape index (κ3) is 2.01. The van der Waals surface area contributed by atoms with Crippen LogP contribution in [0.4, 0.5) is 8.78 Å². The van der Waals surface area contributed by atoms with Crippen molar-refractivity contribution in [1.29, 1.82) is 0 Å². The second-order valence-electron chi connectivity index (χ2n) is 3.36. The van der Waals surface area contributed by atoms with Crippen LogP contribution in [0.2, 0.25) is 0 Å². The highest BCUT2D eigenvalue weighted by Crippen LogP contribution is 2.27. The normalized spacial score (nSPS) is 21.1. The van der Waals surface area contributed by atoms with Crippen LogP contribution in [0.5, 0.6) is 0 Å². The maximum absolute atomic E-state index is 12.4. The Morgan fingerprint density at radius 2 is 2.23 bits per heavy atom. The highest BCUT2D eigenvalue weighted by Gasteiger charge is 2.43. The average Bonchev–Trinajstić information content (AvgIpc) is 2.03. The summed E-state index contributed by atoms with van der Waals surface area (Å²) in [5.74, 6) is -2.47. The van der Waals surface area contributed by atoms with E-state index in [0.29, 0.717) is 6.54 Å². The molecule has 0 amide bonds. The molecule has 70 valence electrons. The first kappa shape index (κ1) is 8.56. The SMILES string of the molecule is FC1(F)CN(Cc2cccnc2)C1. The lowest BCUT2D eigenvalue weighted by atomic mass is 10.1. The van der Waals surface area contributed by atoms with Crippen molar-refractivity contribution in [2.24, 2.45) is 0 Å². The molecule has 0 saturated carbocycles. The molecular weight excluding hydrogens is 174 g/mol. The molecule has 13 heavy (non-hydrogen) atoms. The van der Waals surface area contributed by atoms with Crippen LogP contribution in [-0.2, 0) is 6.54 Å². The molecule has 1 aromatic rings. The quantitative estimate of drug-likeness (QED) is 0.693. The molecule has 0 atom stereocenters. The zero-order valence-corrected chi connectivity index (χ0v) is 7.08. The van der Waals surface area contributed by atoms with Gasteiger partial charge in [0, 0.05) is 18.9 Å². The summed E-state index contributed by atoms with van der Waals surface area (Å²) in [4.78, 5) is 5.62. The fraction of sp³-hybridized carbons (Fsp3) is 0.444. The fourth-order valence-corrected chi connectivity index (χ4v) is 1.47. The summed E-state index contributed by atoms with van der Waals surface area (Å²) in [6.07, 6.45) is 3.38. The molecule has 4 heteroatoms. The number of hydrogen-bond donors (Lipinski definition) is 0. The van der Waals surface area contributed by atoms with Gasteiger partial charge in [0.2, 0.25) is 0 Å². The van der Waals surface area contributed by atoms with Crippen LogP contribution in [0.25, 0.3) is 0 Å². The van der Waals surface area contributed by atoms with E-state index in [1.165, 1.54) is 0 Å². The second kappa shape index (κ2) is 3.03. The van der Waals surface area contributed by atoms with Crippen molar-refractivity contribution in [3.05, 3.63) is 30.1 Å². The molecule has 0 radical (unpaired) electrons. The van der Waals surface area contributed by atoms with Crippen molar-refractivity contribution in [2.75, 3.05) is 13.1 Å². The molecule has 0 aliphatic carbocycles. The predicted molar refractivity (Wildman–Crippen MR) is 44.5 cm³/mol. The number of likely N-dealkylation sites (tertiary alicyclic amines) is 1. The maximum atomic E-state index is 12.4. The van der Waals surface area contributed by atoms with Crippen molar-refractivity contribution in [1.82, 2.24) is 9.88 Å². The zero-order valence-electron chi connectivity index (χ0n) is 7.08. The monoisotopic (exact) mass is 184 g/mol. The van der Waals surface area contributed by atoms with E-state index in [-0.39, 0.29) is 13.1 Å². The zero-order chi connectivity index (χ0) is 9.31. The first-order chi connectivity index (χ1) is 6.16. The minimum absolute atomic E-state index is 0.123. The number of pyridine rings is 1. The van der Waals surface area contributed by atoms with Gasteiger partial charge in [0.25, 0.3) is 5.92 Å². The standard InChI is InChI=1S/C9H10F2N2/c10-9(11)6-13(7-9)5-8-2-1-3-12-4-8/h1-4H,5-7H2. The molecule has 1 aliphatic heterocycles. The Morgan fingerprint density at radius 3 is 2.77 bits per heavy atom. The summed E-state index contributed by atoms with van der Waals surface area (Å²) in [6.45, 7) is 0.327. The van der Waals surface area contributed by atoms with Crippen molar-refractivity contribution in [3.63, 3.8) is 0 Å². The Hall–Kier alpha value is -1.03. The first-order valence-corrected chi connectivity index (χ1v) is 4.15. The Morgan fingerprint density at radius 1 is 1.46 bits per heavy atom. The molecule has 1 fully saturated rings. The molecule has 0 bridgehead atoms. The van der Waals surface area contributed by atoms with E-state index in [1.807, 2.05) is 12.1 Å². The highest BCUT2D eigenvalue weighted by atomic mass is 19.3. The molecule has 2 nitrogen and oxygen atoms in total. The summed E-state index contributed by atoms with van der Waals surface area (Å²) in [7, 11) is 0. The Balaban J connectivity index is 1.88. The third-order valence-corrected chi connectivity index (χ3v) is 2.04. The molecule has 0 unspecified atom stereocenters. The van der Waals surface area contributed by atoms with E-state index >= 15 is 0 Å². The smallest absolute Gasteiger partial charge is 0.272 e. The van der Waals surface area contributed by atoms with E-state index in [4.69, 9.17) is 0 Å². The van der Waals surface area contributed by atoms with Gasteiger partial charge in [0.05, 0.1) is 13.1 Å². The van der Waals surface area contributed by atoms with Gasteiger partial charge in [-0.2, -0.15) is 0 Å². The van der Waals surface area contributed by atoms with Gasteiger partial charge in [-0.05, 0) is 11.6 Å². The number of nitrogens with zero attached hydrogens (tertiary/aromatic N) is 2. The molecule has 0 spiro atoms. The van der Waals surface area contributed by atoms with E-state index in [0.717, 1.165) is 5.56 Å². The van der Waals surface area contributed by atoms with Gasteiger partial charge in [0.15, 0.2) is 0 Å². The maximum Gasteiger partial charge on any atom is 0.272 e. The number of halogens is 2. The average molecular weight is 184 g/mol. The molecule has 0 aromatic carbocycles. The summed E-state index contributed by atoms with van der Waals surface area (Å²) in [6, 6.07) is 3.71. The highest BCUT2D eigenvalue weighted by molar-refractivity contribution is 5.09. The minimum Gasteiger partial charge on any atom is -0.287 e. The van der Waals surface area contributed by atoms with Gasteiger partial charge >= 0.3 is 0 Å². The van der Waals surface area contributed by atoms with Gasteiger partial charge in [-0.15, -0.1) is 0 Å². The van der Waals surface area contributed by atoms with E-state index in [9.17, 15) is 8.78 Å². The molecule has 2 heterocycles. The summed E-state index contributed by atoms with van der Waals surface area (Å²) in [5, 5.41) is 0. The molecule has 1 aliphatic rings. The van der Waals surface area contributed by atoms with Crippen LogP contribution in [0.1, 0.15) is 5.56 Å². The van der Waals surface area contributed by atoms with Crippen LogP contribution in [0.15, 0.2) is 24.5 Å². The van der Waals surface area contributed by atoms with Gasteiger partial charge in [-0.25, -0.2) is 8.78 Å². The van der Waals surface area contributed by atoms with Crippen molar-refractivity contribution >= 4 is 0 Å². The van der Waals surface area contributed by atoms with Crippen LogP contribution in [0.3, 0.4) is 0 Å². The topological polar surface area (TPSA) is 16.1 Å². The number of rotatable bonds is 2. The Kier molecular flexibility index (Phi) is 2.00. The largest absolute Gasteiger partial charge is 0.287 e. The lowest BCUT2D eigenvalue weighted by molar-refractivity contribution is -0.133. The van der Waals surface area contributed by atoms with Crippen molar-refractivity contribution in [3.8, 4) is 0 Å². The van der Waals surface area contributed by atoms with E-state index < -0.39 is 5.92 Å². The summed E-state index contributed by atoms with van der Waals surface area (Å²) < 4.78 is 24.9. The molecular formula is C9H10F2N2. The number of hydrogen-bond acceptors (Lipinski definition) is 2. The van der Waals surface area contributed by atoms with Gasteiger partial charge in [-0.3, -0.25) is 9.88 Å². The number of alkyl halides is 2. The fourth-order valence-electron chi connectivity index (χ4n) is 1.47. The van der Waals surface area contributed by atoms with Gasteiger partial charge in [0.1, 0.15) is 0 Å². The van der Waals surface area contributed by atoms with E-state index in [1.54, 1.807) is 17.3 Å². The van der Waals surface area contributed by atoms with Crippen LogP contribution in [-0.4, -0.2) is 28.9 Å². The predicted octanol–water partition coefficient (Wildman–Crippen LogP) is 1.53. The van der Waals surface area contributed by atoms with Crippen LogP contribution < -0.4 is 0 Å². The Labute approximate surface area is 75.2 Å². The number of aromatic nitrogens is 1. The second-order valence-corrected chi connectivity index (χ2v) is 3.36. The molecule has 0 N–H and O–H groups in total. The van der Waals surface area contributed by atoms with Crippen LogP contribution in [0, 0.1) is 0 Å². The molecule has 2 rings (SSSR count). The van der Waals surface area contributed by atoms with Gasteiger partial charge in [-0.1, -0.05) is 6.07 Å². The first-order valence-electron chi connectivity index (χ1n) is 4.15. The van der Waals surface area contributed by atoms with E-state index in [2.05, 4.69) is 4.98 Å². The minimum atomic E-state index is -2.47. The van der Waals surface area contributed by atoms with Gasteiger partial charge < -0.3 is 0 Å². The third-order valence-electron chi connectivity index (χ3n) is 2.04. The lowest BCUT2D eigenvalue weighted by Crippen LogP contribution is -2.55. The summed E-state index contributed by atoms with van der Waals surface area (Å²) in [5.41, 5.74) is 0.984.